The number of hydrogen-bond donors (Lipinski definition) is 6. The average molecular weight is 699 g/mol. The van der Waals surface area contributed by atoms with Crippen molar-refractivity contribution in [3.63, 3.8) is 0 Å². The van der Waals surface area contributed by atoms with Gasteiger partial charge in [-0.25, -0.2) is 9.59 Å². The fourth-order valence-electron chi connectivity index (χ4n) is 4.20. The molecule has 0 aliphatic carbocycles. The first-order valence-electron chi connectivity index (χ1n) is 15.7. The molecule has 0 saturated heterocycles. The summed E-state index contributed by atoms with van der Waals surface area (Å²) >= 11 is 0. The van der Waals surface area contributed by atoms with Crippen LogP contribution in [0.2, 0.25) is 0 Å². The van der Waals surface area contributed by atoms with Crippen molar-refractivity contribution < 1.29 is 33.6 Å². The average Bonchev–Trinajstić information content (AvgIpc) is 2.99. The summed E-state index contributed by atoms with van der Waals surface area (Å²) in [7, 11) is 1.53. The Bertz CT molecular complexity index is 1210. The zero-order chi connectivity index (χ0) is 35.6. The van der Waals surface area contributed by atoms with Crippen molar-refractivity contribution in [2.75, 3.05) is 20.1 Å². The molecule has 1 aromatic carbocycles. The van der Waals surface area contributed by atoms with Gasteiger partial charge in [-0.1, -0.05) is 13.8 Å². The molecular weight excluding hydrogens is 644 g/mol. The van der Waals surface area contributed by atoms with Gasteiger partial charge in [-0.15, -0.1) is 0 Å². The van der Waals surface area contributed by atoms with Gasteiger partial charge in [-0.3, -0.25) is 24.7 Å². The maximum absolute atomic E-state index is 13.5. The third-order valence-corrected chi connectivity index (χ3v) is 6.63. The van der Waals surface area contributed by atoms with Gasteiger partial charge in [-0.2, -0.15) is 13.5 Å². The molecule has 0 bridgehead atoms. The van der Waals surface area contributed by atoms with Crippen molar-refractivity contribution in [1.82, 2.24) is 21.3 Å². The van der Waals surface area contributed by atoms with Crippen molar-refractivity contribution in [2.45, 2.75) is 103 Å². The van der Waals surface area contributed by atoms with Crippen LogP contribution in [0.1, 0.15) is 78.7 Å². The molecule has 1 aromatic rings. The van der Waals surface area contributed by atoms with Gasteiger partial charge in [-0.05, 0) is 82.9 Å². The molecule has 16 nitrogen and oxygen atoms in total. The quantitative estimate of drug-likeness (QED) is 0.0305. The number of esters is 1. The number of ether oxygens (including phenoxy) is 2. The van der Waals surface area contributed by atoms with E-state index >= 15 is 0 Å². The number of rotatable bonds is 19. The van der Waals surface area contributed by atoms with Gasteiger partial charge in [0.25, 0.3) is 5.69 Å². The Hall–Kier alpha value is -4.12. The standard InChI is InChI=1S/C31H52N8O8.H2S/c1-20(2)18-25(28(42)46-19-21-12-14-22(15-13-21)39(44)45)38-27(41)24(11-9-17-35-29(33)34-6)37-26(40)23(32)10-7-8-16-36-30(43)47-31(3,4)5;/h12-15,20,23-25H,7-11,16-19,32H2,1-6H3,(H,36,43)(H,37,40)(H,38,41)(H3,33,34,35);1H2/t23-,24-,25+;/m1./s1. The Morgan fingerprint density at radius 2 is 1.54 bits per heavy atom. The first-order chi connectivity index (χ1) is 22.0. The van der Waals surface area contributed by atoms with Crippen LogP contribution in [0.15, 0.2) is 29.3 Å². The minimum Gasteiger partial charge on any atom is -0.459 e. The van der Waals surface area contributed by atoms with E-state index < -0.39 is 52.5 Å². The molecule has 0 aromatic heterocycles. The lowest BCUT2D eigenvalue weighted by Gasteiger charge is -2.25. The highest BCUT2D eigenvalue weighted by Crippen LogP contribution is 2.14. The van der Waals surface area contributed by atoms with Gasteiger partial charge in [0.05, 0.1) is 11.0 Å². The van der Waals surface area contributed by atoms with Gasteiger partial charge in [0.1, 0.15) is 24.3 Å². The summed E-state index contributed by atoms with van der Waals surface area (Å²) in [6, 6.07) is 2.66. The van der Waals surface area contributed by atoms with Crippen LogP contribution in [0.3, 0.4) is 0 Å². The molecule has 8 N–H and O–H groups in total. The minimum absolute atomic E-state index is 0. The highest BCUT2D eigenvalue weighted by atomic mass is 32.1. The number of non-ortho nitro benzene ring substituents is 1. The molecule has 272 valence electrons. The van der Waals surface area contributed by atoms with Crippen LogP contribution in [0.5, 0.6) is 0 Å². The largest absolute Gasteiger partial charge is 0.459 e. The predicted molar refractivity (Wildman–Crippen MR) is 187 cm³/mol. The molecule has 0 unspecified atom stereocenters. The van der Waals surface area contributed by atoms with E-state index in [2.05, 4.69) is 26.3 Å². The monoisotopic (exact) mass is 698 g/mol. The van der Waals surface area contributed by atoms with E-state index in [1.807, 2.05) is 13.8 Å². The summed E-state index contributed by atoms with van der Waals surface area (Å²) in [4.78, 5) is 65.5. The van der Waals surface area contributed by atoms with Crippen LogP contribution in [0.4, 0.5) is 10.5 Å². The topological polar surface area (TPSA) is 242 Å². The van der Waals surface area contributed by atoms with Gasteiger partial charge in [0, 0.05) is 32.3 Å². The van der Waals surface area contributed by atoms with E-state index in [4.69, 9.17) is 20.9 Å². The Labute approximate surface area is 289 Å². The van der Waals surface area contributed by atoms with E-state index in [-0.39, 0.29) is 50.5 Å². The summed E-state index contributed by atoms with van der Waals surface area (Å²) in [6.07, 6.45) is 1.80. The number of nitrogens with two attached hydrogens (primary N) is 2. The van der Waals surface area contributed by atoms with Crippen molar-refractivity contribution in [2.24, 2.45) is 22.4 Å². The van der Waals surface area contributed by atoms with E-state index in [9.17, 15) is 29.3 Å². The van der Waals surface area contributed by atoms with Crippen molar-refractivity contribution in [1.29, 1.82) is 0 Å². The second kappa shape index (κ2) is 22.4. The lowest BCUT2D eigenvalue weighted by atomic mass is 10.0. The summed E-state index contributed by atoms with van der Waals surface area (Å²) in [5, 5.41) is 21.9. The molecule has 0 radical (unpaired) electrons. The third-order valence-electron chi connectivity index (χ3n) is 6.63. The molecule has 48 heavy (non-hydrogen) atoms. The molecule has 0 aliphatic heterocycles. The highest BCUT2D eigenvalue weighted by molar-refractivity contribution is 7.59. The highest BCUT2D eigenvalue weighted by Gasteiger charge is 2.29. The molecule has 0 fully saturated rings. The van der Waals surface area contributed by atoms with Crippen LogP contribution in [-0.4, -0.2) is 78.6 Å². The van der Waals surface area contributed by atoms with E-state index in [1.165, 1.54) is 31.3 Å². The summed E-state index contributed by atoms with van der Waals surface area (Å²) in [5.41, 5.74) is 11.7. The second-order valence-corrected chi connectivity index (χ2v) is 12.5. The number of nitrogens with one attached hydrogen (secondary N) is 4. The number of benzene rings is 1. The number of unbranched alkanes of at least 4 members (excludes halogenated alkanes) is 1. The number of carbonyl (C=O) groups is 4. The van der Waals surface area contributed by atoms with Crippen LogP contribution in [0, 0.1) is 16.0 Å². The van der Waals surface area contributed by atoms with Gasteiger partial charge >= 0.3 is 12.1 Å². The van der Waals surface area contributed by atoms with Crippen molar-refractivity contribution in [3.05, 3.63) is 39.9 Å². The number of guanidine groups is 1. The first kappa shape index (κ1) is 43.9. The smallest absolute Gasteiger partial charge is 0.407 e. The maximum Gasteiger partial charge on any atom is 0.407 e. The number of carbonyl (C=O) groups excluding carboxylic acids is 4. The van der Waals surface area contributed by atoms with E-state index in [0.29, 0.717) is 44.3 Å². The Morgan fingerprint density at radius 1 is 0.938 bits per heavy atom. The van der Waals surface area contributed by atoms with E-state index in [0.717, 1.165) is 0 Å². The Balaban J connectivity index is 0.0000221. The molecule has 1 rings (SSSR count). The number of alkyl carbamates (subject to hydrolysis) is 1. The number of nitro groups is 1. The number of aliphatic imine (C=N–C) groups is 1. The molecule has 17 heteroatoms. The fourth-order valence-corrected chi connectivity index (χ4v) is 4.20. The zero-order valence-electron chi connectivity index (χ0n) is 28.8. The molecular formula is C31H54N8O8S. The van der Waals surface area contributed by atoms with Crippen LogP contribution < -0.4 is 32.7 Å². The van der Waals surface area contributed by atoms with E-state index in [1.54, 1.807) is 20.8 Å². The number of nitro benzene ring substituents is 1. The van der Waals surface area contributed by atoms with Crippen molar-refractivity contribution >= 4 is 49.0 Å². The van der Waals surface area contributed by atoms with Crippen LogP contribution in [0.25, 0.3) is 0 Å². The minimum atomic E-state index is -1.01. The van der Waals surface area contributed by atoms with Gasteiger partial charge in [0.15, 0.2) is 5.96 Å². The molecule has 0 aliphatic rings. The summed E-state index contributed by atoms with van der Waals surface area (Å²) in [6.45, 7) is 9.66. The van der Waals surface area contributed by atoms with Crippen molar-refractivity contribution in [3.8, 4) is 0 Å². The Morgan fingerprint density at radius 3 is 2.10 bits per heavy atom. The number of hydrogen-bond acceptors (Lipinski definition) is 10. The second-order valence-electron chi connectivity index (χ2n) is 12.5. The number of amides is 3. The zero-order valence-corrected chi connectivity index (χ0v) is 29.8. The Kier molecular flexibility index (Phi) is 20.5. The third kappa shape index (κ3) is 18.9. The molecule has 3 atom stereocenters. The predicted octanol–water partition coefficient (Wildman–Crippen LogP) is 2.10. The molecule has 3 amide bonds. The van der Waals surface area contributed by atoms with Crippen LogP contribution in [-0.2, 0) is 30.5 Å². The fraction of sp³-hybridized carbons (Fsp3) is 0.645. The summed E-state index contributed by atoms with van der Waals surface area (Å²) < 4.78 is 10.6. The first-order valence-corrected chi connectivity index (χ1v) is 15.7. The molecule has 0 heterocycles. The lowest BCUT2D eigenvalue weighted by molar-refractivity contribution is -0.384. The lowest BCUT2D eigenvalue weighted by Crippen LogP contribution is -2.55. The van der Waals surface area contributed by atoms with Crippen LogP contribution >= 0.6 is 13.5 Å². The molecule has 0 spiro atoms. The molecule has 0 saturated carbocycles. The van der Waals surface area contributed by atoms with Gasteiger partial charge < -0.3 is 42.2 Å². The summed E-state index contributed by atoms with van der Waals surface area (Å²) in [5.74, 6) is -1.55. The SMILES string of the molecule is CN=C(N)NCCC[C@@H](NC(=O)[C@H](N)CCCCNC(=O)OC(C)(C)C)C(=O)N[C@@H](CC(C)C)C(=O)OCc1ccc([N+](=O)[O-])cc1.S. The maximum atomic E-state index is 13.5. The normalized spacial score (nSPS) is 13.3. The number of nitrogens with zero attached hydrogens (tertiary/aromatic N) is 2. The van der Waals surface area contributed by atoms with Gasteiger partial charge in [0.2, 0.25) is 11.8 Å².